The molecular weight excluding hydrogens is 1090 g/mol. The number of hydrogen-bond acceptors (Lipinski definition) is 16. The number of unbranched alkanes of at least 4 members (excludes halogenated alkanes) is 2. The first-order valence-electron chi connectivity index (χ1n) is 28.4. The minimum atomic E-state index is -0.418. The molecule has 18 heteroatoms. The zero-order valence-electron chi connectivity index (χ0n) is 46.6. The molecule has 5 aliphatic rings. The zero-order chi connectivity index (χ0) is 56.0. The summed E-state index contributed by atoms with van der Waals surface area (Å²) in [7, 11) is 0. The van der Waals surface area contributed by atoms with Gasteiger partial charge in [-0.25, -0.2) is 9.59 Å². The average Bonchev–Trinajstić information content (AvgIpc) is 4.32. The maximum absolute atomic E-state index is 13.0. The molecule has 0 N–H and O–H groups in total. The van der Waals surface area contributed by atoms with E-state index in [9.17, 15) is 9.59 Å². The molecule has 0 aromatic heterocycles. The van der Waals surface area contributed by atoms with E-state index in [-0.39, 0.29) is 5.92 Å². The van der Waals surface area contributed by atoms with Crippen molar-refractivity contribution in [2.45, 2.75) is 82.4 Å². The molecule has 16 nitrogen and oxygen atoms in total. The van der Waals surface area contributed by atoms with Gasteiger partial charge >= 0.3 is 75.1 Å². The molecule has 4 saturated heterocycles. The Morgan fingerprint density at radius 3 is 1.28 bits per heavy atom. The van der Waals surface area contributed by atoms with Gasteiger partial charge < -0.3 is 61.7 Å². The number of esters is 2. The molecule has 11 rings (SSSR count). The summed E-state index contributed by atoms with van der Waals surface area (Å²) in [5.74, 6) is 3.86. The molecule has 0 spiro atoms. The van der Waals surface area contributed by atoms with Gasteiger partial charge in [0.2, 0.25) is 0 Å². The number of carbonyl (C=O) groups excluding carboxylic acids is 2. The summed E-state index contributed by atoms with van der Waals surface area (Å²) in [6.45, 7) is 11.0. The van der Waals surface area contributed by atoms with Gasteiger partial charge in [-0.05, 0) is 163 Å². The second kappa shape index (κ2) is 33.1. The topological polar surface area (TPSA) is 177 Å². The van der Waals surface area contributed by atoms with Gasteiger partial charge in [0.05, 0.1) is 89.4 Å². The van der Waals surface area contributed by atoms with Crippen molar-refractivity contribution in [1.29, 1.82) is 0 Å². The van der Waals surface area contributed by atoms with Crippen LogP contribution >= 0.6 is 0 Å². The van der Waals surface area contributed by atoms with Crippen LogP contribution in [0.2, 0.25) is 0 Å². The molecule has 81 heavy (non-hydrogen) atoms. The van der Waals surface area contributed by atoms with Crippen molar-refractivity contribution in [1.82, 2.24) is 0 Å². The number of rotatable bonds is 32. The predicted octanol–water partition coefficient (Wildman–Crippen LogP) is 10.2. The Hall–Kier alpha value is -3.75. The van der Waals surface area contributed by atoms with Crippen molar-refractivity contribution in [3.8, 4) is 51.4 Å². The van der Waals surface area contributed by atoms with Crippen LogP contribution in [0, 0.1) is 0 Å². The molecule has 5 atom stereocenters. The van der Waals surface area contributed by atoms with E-state index >= 15 is 0 Å². The molecule has 0 bridgehead atoms. The molecule has 418 valence electrons. The first kappa shape index (κ1) is 61.8. The summed E-state index contributed by atoms with van der Waals surface area (Å²) in [5.41, 5.74) is 6.35. The first-order valence-corrected chi connectivity index (χ1v) is 44.4. The Balaban J connectivity index is 0.000000229. The monoisotopic (exact) mass is 1160 g/mol. The standard InChI is InChI=1S/C42H46O10.C21H22O6.2K/c1-29-40-22-34(51-42(43)31-8-12-33(13-9-31)47-21-5-3-19-45-26-37-28-49-37)14-16-38(40)39-17-15-35(23-41(29)39)52-50-24-30-6-10-32(11-7-30)46-20-4-2-18-44-25-36-27-48-36;22-21(15-1-3-16(4-2-15)23-11-9-19-13-25-19)27-18-7-5-17(6-8-18)24-12-10-20-14-26-20;;/h6-17,22-23,29,36-37H,2-5,18-21,24-28H2,1H3;1-8,19-20H,9-14H2;;. The van der Waals surface area contributed by atoms with E-state index in [2.05, 4.69) is 6.92 Å². The molecular formula is C63H68K2O16. The van der Waals surface area contributed by atoms with E-state index in [1.165, 1.54) is 63.2 Å². The van der Waals surface area contributed by atoms with Crippen LogP contribution in [-0.2, 0) is 39.9 Å². The Kier molecular flexibility index (Phi) is 25.2. The van der Waals surface area contributed by atoms with Gasteiger partial charge in [-0.3, -0.25) is 0 Å². The van der Waals surface area contributed by atoms with Crippen molar-refractivity contribution < 1.29 is 76.2 Å². The van der Waals surface area contributed by atoms with Gasteiger partial charge in [-0.2, -0.15) is 4.89 Å². The normalized spacial score (nSPS) is 18.3. The molecule has 4 heterocycles. The van der Waals surface area contributed by atoms with E-state index in [0.29, 0.717) is 111 Å². The fourth-order valence-electron chi connectivity index (χ4n) is 8.57. The van der Waals surface area contributed by atoms with Gasteiger partial charge in [0.15, 0.2) is 5.75 Å². The van der Waals surface area contributed by atoms with Gasteiger partial charge in [-0.1, -0.05) is 31.2 Å². The molecule has 6 aromatic rings. The fourth-order valence-corrected chi connectivity index (χ4v) is 8.57. The van der Waals surface area contributed by atoms with Crippen LogP contribution in [0.5, 0.6) is 40.2 Å². The van der Waals surface area contributed by atoms with Gasteiger partial charge in [-0.15, -0.1) is 0 Å². The number of ether oxygens (including phenoxy) is 12. The summed E-state index contributed by atoms with van der Waals surface area (Å²) in [6.07, 6.45) is 6.80. The second-order valence-corrected chi connectivity index (χ2v) is 19.9. The van der Waals surface area contributed by atoms with Crippen LogP contribution in [0.3, 0.4) is 0 Å². The van der Waals surface area contributed by atoms with Gasteiger partial charge in [0, 0.05) is 32.0 Å². The number of epoxide rings is 4. The Morgan fingerprint density at radius 1 is 0.444 bits per heavy atom. The maximum atomic E-state index is 13.0. The molecule has 4 aliphatic heterocycles. The van der Waals surface area contributed by atoms with E-state index in [1.54, 1.807) is 72.8 Å². The van der Waals surface area contributed by atoms with Crippen LogP contribution in [0.1, 0.15) is 88.8 Å². The Bertz CT molecular complexity index is 2870. The van der Waals surface area contributed by atoms with Crippen LogP contribution in [0.15, 0.2) is 133 Å². The quantitative estimate of drug-likeness (QED) is 0.00741. The van der Waals surface area contributed by atoms with E-state index in [0.717, 1.165) is 117 Å². The SMILES string of the molecule is CC1c2cc(OOCc3ccc(OCCCCOCC4CO4)cc3)ccc2-c2ccc(OC(=O)c3ccc(OCCCCOCC4CO4)cc3)cc21.O=C(Oc1ccc(OCCC2CO2)cc1)c1ccc(OCCC2CO2)cc1.[K][K]. The third kappa shape index (κ3) is 21.4. The van der Waals surface area contributed by atoms with Crippen LogP contribution in [0.25, 0.3) is 11.1 Å². The molecule has 4 fully saturated rings. The van der Waals surface area contributed by atoms with Crippen molar-refractivity contribution in [3.63, 3.8) is 0 Å². The van der Waals surface area contributed by atoms with E-state index < -0.39 is 11.9 Å². The molecule has 0 radical (unpaired) electrons. The predicted molar refractivity (Wildman–Crippen MR) is 302 cm³/mol. The van der Waals surface area contributed by atoms with Crippen molar-refractivity contribution in [2.75, 3.05) is 79.3 Å². The van der Waals surface area contributed by atoms with Crippen LogP contribution in [0.4, 0.5) is 0 Å². The zero-order valence-corrected chi connectivity index (χ0v) is 52.8. The summed E-state index contributed by atoms with van der Waals surface area (Å²) >= 11 is 2.50. The second-order valence-electron chi connectivity index (χ2n) is 19.9. The fraction of sp³-hybridized carbons (Fsp3) is 0.397. The number of fused-ring (bicyclic) bond motifs is 3. The number of hydrogen-bond donors (Lipinski definition) is 0. The van der Waals surface area contributed by atoms with Crippen LogP contribution in [-0.4, -0.2) is 179 Å². The summed E-state index contributed by atoms with van der Waals surface area (Å²) < 4.78 is 65.7. The molecule has 5 unspecified atom stereocenters. The van der Waals surface area contributed by atoms with Crippen molar-refractivity contribution in [2.24, 2.45) is 0 Å². The number of benzene rings is 6. The Labute approximate surface area is 519 Å². The third-order valence-electron chi connectivity index (χ3n) is 13.5. The molecule has 0 saturated carbocycles. The summed E-state index contributed by atoms with van der Waals surface area (Å²) in [4.78, 5) is 36.5. The average molecular weight is 1160 g/mol. The van der Waals surface area contributed by atoms with Crippen LogP contribution < -0.4 is 33.3 Å². The van der Waals surface area contributed by atoms with E-state index in [4.69, 9.17) is 66.6 Å². The van der Waals surface area contributed by atoms with Crippen molar-refractivity contribution in [3.05, 3.63) is 161 Å². The third-order valence-corrected chi connectivity index (χ3v) is 13.5. The van der Waals surface area contributed by atoms with Gasteiger partial charge in [0.1, 0.15) is 53.3 Å². The van der Waals surface area contributed by atoms with Gasteiger partial charge in [0.25, 0.3) is 0 Å². The first-order chi connectivity index (χ1) is 39.8. The summed E-state index contributed by atoms with van der Waals surface area (Å²) in [6, 6.07) is 40.6. The molecule has 1 aliphatic carbocycles. The number of carbonyl (C=O) groups is 2. The minimum absolute atomic E-state index is 0.0832. The molecule has 6 aromatic carbocycles. The van der Waals surface area contributed by atoms with E-state index in [1.807, 2.05) is 60.7 Å². The Morgan fingerprint density at radius 2 is 0.815 bits per heavy atom. The molecule has 0 amide bonds. The van der Waals surface area contributed by atoms with Crippen molar-refractivity contribution >= 4 is 75.1 Å². The summed E-state index contributed by atoms with van der Waals surface area (Å²) in [5, 5.41) is 0.